The van der Waals surface area contributed by atoms with Gasteiger partial charge in [0, 0.05) is 11.5 Å². The zero-order chi connectivity index (χ0) is 33.9. The van der Waals surface area contributed by atoms with Crippen molar-refractivity contribution < 1.29 is 19.1 Å². The summed E-state index contributed by atoms with van der Waals surface area (Å²) in [6, 6.07) is 10.0. The van der Waals surface area contributed by atoms with Crippen LogP contribution in [0.15, 0.2) is 36.5 Å². The van der Waals surface area contributed by atoms with Gasteiger partial charge in [0.15, 0.2) is 0 Å². The summed E-state index contributed by atoms with van der Waals surface area (Å²) in [7, 11) is 0. The van der Waals surface area contributed by atoms with Gasteiger partial charge in [-0.25, -0.2) is 4.98 Å². The largest absolute Gasteiger partial charge is 0.461 e. The quantitative estimate of drug-likeness (QED) is 0.208. The average molecular weight is 657 g/mol. The molecule has 0 aliphatic heterocycles. The van der Waals surface area contributed by atoms with E-state index in [1.165, 1.54) is 12.8 Å². The van der Waals surface area contributed by atoms with Gasteiger partial charge in [0.2, 0.25) is 5.91 Å². The van der Waals surface area contributed by atoms with Crippen LogP contribution in [-0.4, -0.2) is 40.3 Å². The summed E-state index contributed by atoms with van der Waals surface area (Å²) < 4.78 is 5.97. The molecule has 5 aliphatic carbocycles. The number of esters is 1. The molecule has 1 aromatic heterocycles. The second-order valence-corrected chi connectivity index (χ2v) is 17.5. The summed E-state index contributed by atoms with van der Waals surface area (Å²) in [5.41, 5.74) is 8.42. The maximum atomic E-state index is 14.1. The number of hydrogen-bond donors (Lipinski definition) is 3. The smallest absolute Gasteiger partial charge is 0.307 e. The van der Waals surface area contributed by atoms with Crippen LogP contribution in [-0.2, 0) is 25.7 Å². The van der Waals surface area contributed by atoms with E-state index in [2.05, 4.69) is 41.3 Å². The third-order valence-corrected chi connectivity index (χ3v) is 14.5. The van der Waals surface area contributed by atoms with Crippen LogP contribution in [0.4, 0.5) is 0 Å². The molecule has 0 radical (unpaired) electrons. The lowest BCUT2D eigenvalue weighted by Crippen LogP contribution is -2.64. The third-order valence-electron chi connectivity index (χ3n) is 14.5. The van der Waals surface area contributed by atoms with Crippen molar-refractivity contribution in [2.75, 3.05) is 0 Å². The van der Waals surface area contributed by atoms with Gasteiger partial charge in [-0.1, -0.05) is 64.4 Å². The van der Waals surface area contributed by atoms with Gasteiger partial charge in [-0.05, 0) is 110 Å². The van der Waals surface area contributed by atoms with E-state index < -0.39 is 5.41 Å². The number of fused-ring (bicyclic) bond motifs is 7. The van der Waals surface area contributed by atoms with E-state index in [-0.39, 0.29) is 46.7 Å². The number of aromatic nitrogens is 2. The molecule has 10 unspecified atom stereocenters. The second-order valence-electron chi connectivity index (χ2n) is 17.5. The van der Waals surface area contributed by atoms with E-state index in [1.54, 1.807) is 13.8 Å². The van der Waals surface area contributed by atoms with E-state index in [1.807, 2.05) is 24.4 Å². The Labute approximate surface area is 286 Å². The average Bonchev–Trinajstić information content (AvgIpc) is 3.74. The van der Waals surface area contributed by atoms with Gasteiger partial charge in [-0.3, -0.25) is 9.59 Å². The molecule has 260 valence electrons. The zero-order valence-corrected chi connectivity index (χ0v) is 29.4. The molecule has 0 spiro atoms. The molecule has 5 aliphatic rings. The Morgan fingerprint density at radius 1 is 0.979 bits per heavy atom. The van der Waals surface area contributed by atoms with Gasteiger partial charge >= 0.3 is 5.97 Å². The predicted molar refractivity (Wildman–Crippen MR) is 185 cm³/mol. The van der Waals surface area contributed by atoms with Crippen molar-refractivity contribution in [3.63, 3.8) is 0 Å². The fourth-order valence-corrected chi connectivity index (χ4v) is 12.2. The molecule has 0 bridgehead atoms. The van der Waals surface area contributed by atoms with Crippen LogP contribution in [0.5, 0.6) is 0 Å². The molecular weight excluding hydrogens is 600 g/mol. The first-order valence-electron chi connectivity index (χ1n) is 18.7. The lowest BCUT2D eigenvalue weighted by atomic mass is 9.38. The number of nitrogens with one attached hydrogen (secondary N) is 2. The summed E-state index contributed by atoms with van der Waals surface area (Å²) in [4.78, 5) is 46.3. The Morgan fingerprint density at radius 3 is 2.48 bits per heavy atom. The number of benzene rings is 1. The molecule has 1 amide bonds. The molecule has 8 nitrogen and oxygen atoms in total. The number of amides is 1. The van der Waals surface area contributed by atoms with Crippen LogP contribution in [0.25, 0.3) is 11.3 Å². The molecular formula is C40H56N4O4. The topological polar surface area (TPSA) is 127 Å². The summed E-state index contributed by atoms with van der Waals surface area (Å²) in [6.07, 6.45) is 14.3. The fourth-order valence-electron chi connectivity index (χ4n) is 12.2. The monoisotopic (exact) mass is 656 g/mol. The Hall–Kier alpha value is -3.00. The molecule has 48 heavy (non-hydrogen) atoms. The van der Waals surface area contributed by atoms with Gasteiger partial charge in [0.25, 0.3) is 0 Å². The molecule has 0 saturated heterocycles. The van der Waals surface area contributed by atoms with Crippen LogP contribution in [0, 0.1) is 51.2 Å². The number of hydrogen-bond acceptors (Lipinski definition) is 6. The van der Waals surface area contributed by atoms with Crippen molar-refractivity contribution >= 4 is 18.2 Å². The summed E-state index contributed by atoms with van der Waals surface area (Å²) in [6.45, 7) is 9.04. The molecule has 1 heterocycles. The van der Waals surface area contributed by atoms with Crippen molar-refractivity contribution in [1.82, 2.24) is 15.3 Å². The van der Waals surface area contributed by atoms with Gasteiger partial charge < -0.3 is 25.6 Å². The van der Waals surface area contributed by atoms with Gasteiger partial charge in [0.1, 0.15) is 18.2 Å². The van der Waals surface area contributed by atoms with Crippen molar-refractivity contribution in [2.45, 2.75) is 123 Å². The fraction of sp³-hybridized carbons (Fsp3) is 0.700. The number of rotatable bonds is 8. The van der Waals surface area contributed by atoms with Crippen molar-refractivity contribution in [3.8, 4) is 11.3 Å². The number of aldehydes is 1. The minimum Gasteiger partial charge on any atom is -0.461 e. The first-order valence-corrected chi connectivity index (χ1v) is 18.7. The molecule has 1 aromatic carbocycles. The van der Waals surface area contributed by atoms with Crippen molar-refractivity contribution in [3.05, 3.63) is 42.4 Å². The molecule has 5 saturated carbocycles. The first kappa shape index (κ1) is 33.5. The van der Waals surface area contributed by atoms with Crippen LogP contribution >= 0.6 is 0 Å². The highest BCUT2D eigenvalue weighted by molar-refractivity contribution is 5.83. The number of H-pyrrole nitrogens is 1. The van der Waals surface area contributed by atoms with E-state index >= 15 is 0 Å². The number of imidazole rings is 1. The number of ether oxygens (including phenoxy) is 1. The number of aromatic amines is 1. The number of carbonyl (C=O) groups is 3. The molecule has 8 heteroatoms. The van der Waals surface area contributed by atoms with Crippen molar-refractivity contribution in [1.29, 1.82) is 0 Å². The molecule has 2 aromatic rings. The summed E-state index contributed by atoms with van der Waals surface area (Å²) in [5.74, 6) is 3.30. The SMILES string of the molecule is CC(C)(C=O)CC(=O)OC1CCC2(C)C(CCC3(C)C4CCC5(C(=O)NCc6ncc(-c7ccccc7)[nH]6)CCCC5C4CCC23)C1N. The van der Waals surface area contributed by atoms with E-state index in [0.29, 0.717) is 36.1 Å². The molecule has 10 atom stereocenters. The minimum absolute atomic E-state index is 0.0874. The lowest BCUT2D eigenvalue weighted by molar-refractivity contribution is -0.194. The lowest BCUT2D eigenvalue weighted by Gasteiger charge is -2.67. The maximum absolute atomic E-state index is 14.1. The Balaban J connectivity index is 1.02. The predicted octanol–water partition coefficient (Wildman–Crippen LogP) is 6.99. The second kappa shape index (κ2) is 12.4. The number of nitrogens with two attached hydrogens (primary N) is 1. The van der Waals surface area contributed by atoms with Gasteiger partial charge in [0.05, 0.1) is 30.3 Å². The Morgan fingerprint density at radius 2 is 1.71 bits per heavy atom. The van der Waals surface area contributed by atoms with Crippen molar-refractivity contribution in [2.24, 2.45) is 57.0 Å². The highest BCUT2D eigenvalue weighted by atomic mass is 16.5. The minimum atomic E-state index is -0.723. The molecule has 5 fully saturated rings. The van der Waals surface area contributed by atoms with E-state index in [9.17, 15) is 14.4 Å². The van der Waals surface area contributed by atoms with Crippen LogP contribution in [0.2, 0.25) is 0 Å². The molecule has 4 N–H and O–H groups in total. The highest BCUT2D eigenvalue weighted by Crippen LogP contribution is 2.71. The Kier molecular flexibility index (Phi) is 8.65. The van der Waals surface area contributed by atoms with Crippen LogP contribution in [0.1, 0.15) is 111 Å². The van der Waals surface area contributed by atoms with Gasteiger partial charge in [-0.2, -0.15) is 0 Å². The zero-order valence-electron chi connectivity index (χ0n) is 29.4. The van der Waals surface area contributed by atoms with E-state index in [4.69, 9.17) is 10.5 Å². The standard InChI is InChI=1S/C40H56N4O4/c1-37(2,24-45)21-34(46)48-31-16-19-39(4)29(35(31)41)14-18-38(3)27-15-20-40(17-8-11-28(40)26(27)12-13-32(38)39)36(47)43-23-33-42-22-30(44-33)25-9-6-5-7-10-25/h5-7,9-10,22,24,26-29,31-32,35H,8,11-21,23,41H2,1-4H3,(H,42,44)(H,43,47). The number of nitrogens with zero attached hydrogens (tertiary/aromatic N) is 1. The molecule has 7 rings (SSSR count). The maximum Gasteiger partial charge on any atom is 0.307 e. The van der Waals surface area contributed by atoms with E-state index in [0.717, 1.165) is 81.2 Å². The van der Waals surface area contributed by atoms with Gasteiger partial charge in [-0.15, -0.1) is 0 Å². The Bertz CT molecular complexity index is 1520. The van der Waals surface area contributed by atoms with Crippen LogP contribution < -0.4 is 11.1 Å². The summed E-state index contributed by atoms with van der Waals surface area (Å²) in [5, 5.41) is 3.34. The first-order chi connectivity index (χ1) is 22.9. The normalized spacial score (nSPS) is 38.9. The summed E-state index contributed by atoms with van der Waals surface area (Å²) >= 11 is 0. The van der Waals surface area contributed by atoms with Crippen LogP contribution in [0.3, 0.4) is 0 Å². The third kappa shape index (κ3) is 5.54. The number of carbonyl (C=O) groups excluding carboxylic acids is 3. The highest BCUT2D eigenvalue weighted by Gasteiger charge is 2.66.